The number of primary sulfonamides is 1. The number of hydrogen-bond donors (Lipinski definition) is 1. The molecule has 0 aliphatic rings. The summed E-state index contributed by atoms with van der Waals surface area (Å²) in [5.74, 6) is -0.515. The van der Waals surface area contributed by atoms with Crippen LogP contribution in [0.1, 0.15) is 0 Å². The largest absolute Gasteiger partial charge is 0.433 e. The van der Waals surface area contributed by atoms with E-state index in [2.05, 4.69) is 36.6 Å². The van der Waals surface area contributed by atoms with Crippen LogP contribution in [-0.2, 0) is 10.0 Å². The fourth-order valence-electron chi connectivity index (χ4n) is 0.996. The van der Waals surface area contributed by atoms with Gasteiger partial charge >= 0.3 is 6.61 Å². The lowest BCUT2D eigenvalue weighted by molar-refractivity contribution is -0.0518. The van der Waals surface area contributed by atoms with E-state index in [0.717, 1.165) is 6.07 Å². The molecule has 0 heterocycles. The molecule has 9 heteroatoms. The molecule has 16 heavy (non-hydrogen) atoms. The second-order valence-corrected chi connectivity index (χ2v) is 5.91. The van der Waals surface area contributed by atoms with E-state index in [4.69, 9.17) is 5.14 Å². The van der Waals surface area contributed by atoms with Crippen molar-refractivity contribution in [2.75, 3.05) is 0 Å². The highest BCUT2D eigenvalue weighted by molar-refractivity contribution is 9.11. The minimum absolute atomic E-state index is 0.0417. The average molecular weight is 381 g/mol. The lowest BCUT2D eigenvalue weighted by Gasteiger charge is -2.11. The van der Waals surface area contributed by atoms with Crippen LogP contribution >= 0.6 is 31.9 Å². The molecule has 0 aliphatic heterocycles. The van der Waals surface area contributed by atoms with Crippen LogP contribution in [0.3, 0.4) is 0 Å². The Balaban J connectivity index is 3.45. The highest BCUT2D eigenvalue weighted by Gasteiger charge is 2.22. The van der Waals surface area contributed by atoms with Gasteiger partial charge in [-0.15, -0.1) is 0 Å². The standard InChI is InChI=1S/C7H5Br2F2NO3S/c8-3-1-4(9)6(16(12,13)14)5(2-3)15-7(10)11/h1-2,7H,(H2,12,13,14). The molecule has 0 bridgehead atoms. The van der Waals surface area contributed by atoms with Crippen molar-refractivity contribution < 1.29 is 21.9 Å². The van der Waals surface area contributed by atoms with Gasteiger partial charge in [0.2, 0.25) is 10.0 Å². The number of halogens is 4. The van der Waals surface area contributed by atoms with Crippen molar-refractivity contribution in [3.8, 4) is 5.75 Å². The first-order valence-corrected chi connectivity index (χ1v) is 6.81. The lowest BCUT2D eigenvalue weighted by atomic mass is 10.3. The fraction of sp³-hybridized carbons (Fsp3) is 0.143. The topological polar surface area (TPSA) is 69.4 Å². The fourth-order valence-corrected chi connectivity index (χ4v) is 3.58. The zero-order chi connectivity index (χ0) is 12.5. The highest BCUT2D eigenvalue weighted by Crippen LogP contribution is 2.35. The van der Waals surface area contributed by atoms with Gasteiger partial charge in [0, 0.05) is 8.95 Å². The van der Waals surface area contributed by atoms with Crippen LogP contribution in [-0.4, -0.2) is 15.0 Å². The summed E-state index contributed by atoms with van der Waals surface area (Å²) in [7, 11) is -4.15. The first kappa shape index (κ1) is 13.8. The molecule has 0 radical (unpaired) electrons. The van der Waals surface area contributed by atoms with E-state index in [1.807, 2.05) is 0 Å². The van der Waals surface area contributed by atoms with Crippen molar-refractivity contribution in [1.82, 2.24) is 0 Å². The van der Waals surface area contributed by atoms with Crippen LogP contribution in [0.25, 0.3) is 0 Å². The van der Waals surface area contributed by atoms with Crippen LogP contribution in [0, 0.1) is 0 Å². The Morgan fingerprint density at radius 1 is 1.31 bits per heavy atom. The van der Waals surface area contributed by atoms with Crippen LogP contribution in [0.2, 0.25) is 0 Å². The summed E-state index contributed by atoms with van der Waals surface area (Å²) in [6.45, 7) is -3.14. The second kappa shape index (κ2) is 4.94. The van der Waals surface area contributed by atoms with Crippen molar-refractivity contribution in [3.05, 3.63) is 21.1 Å². The Morgan fingerprint density at radius 2 is 1.88 bits per heavy atom. The molecule has 0 aliphatic carbocycles. The molecule has 0 amide bonds. The third kappa shape index (κ3) is 3.37. The maximum atomic E-state index is 12.1. The molecular weight excluding hydrogens is 376 g/mol. The van der Waals surface area contributed by atoms with Crippen LogP contribution in [0.15, 0.2) is 26.0 Å². The number of hydrogen-bond acceptors (Lipinski definition) is 3. The predicted octanol–water partition coefficient (Wildman–Crippen LogP) is 2.46. The summed E-state index contributed by atoms with van der Waals surface area (Å²) in [5, 5.41) is 4.89. The molecule has 1 aromatic rings. The number of nitrogens with two attached hydrogens (primary N) is 1. The van der Waals surface area contributed by atoms with E-state index in [9.17, 15) is 17.2 Å². The Kier molecular flexibility index (Phi) is 4.27. The average Bonchev–Trinajstić information content (AvgIpc) is 1.96. The summed E-state index contributed by atoms with van der Waals surface area (Å²) in [6.07, 6.45) is 0. The smallest absolute Gasteiger partial charge is 0.387 e. The molecule has 0 fully saturated rings. The minimum Gasteiger partial charge on any atom is -0.433 e. The molecule has 90 valence electrons. The monoisotopic (exact) mass is 379 g/mol. The van der Waals surface area contributed by atoms with E-state index < -0.39 is 27.3 Å². The van der Waals surface area contributed by atoms with E-state index in [-0.39, 0.29) is 4.47 Å². The summed E-state index contributed by atoms with van der Waals surface area (Å²) in [6, 6.07) is 2.45. The van der Waals surface area contributed by atoms with E-state index in [1.54, 1.807) is 0 Å². The Hall–Kier alpha value is -0.250. The van der Waals surface area contributed by atoms with Crippen LogP contribution in [0.5, 0.6) is 5.75 Å². The Bertz CT molecular complexity index is 507. The first-order valence-electron chi connectivity index (χ1n) is 3.68. The number of ether oxygens (including phenoxy) is 1. The SMILES string of the molecule is NS(=O)(=O)c1c(Br)cc(Br)cc1OC(F)F. The van der Waals surface area contributed by atoms with Gasteiger partial charge in [0.05, 0.1) is 0 Å². The number of sulfonamides is 1. The molecule has 0 unspecified atom stereocenters. The molecule has 0 aromatic heterocycles. The highest BCUT2D eigenvalue weighted by atomic mass is 79.9. The van der Waals surface area contributed by atoms with Crippen molar-refractivity contribution in [3.63, 3.8) is 0 Å². The van der Waals surface area contributed by atoms with Gasteiger partial charge in [0.1, 0.15) is 10.6 Å². The van der Waals surface area contributed by atoms with Crippen molar-refractivity contribution in [2.45, 2.75) is 11.5 Å². The Labute approximate surface area is 107 Å². The molecule has 1 aromatic carbocycles. The normalized spacial score (nSPS) is 11.9. The third-order valence-electron chi connectivity index (χ3n) is 1.47. The third-order valence-corrected chi connectivity index (χ3v) is 3.81. The molecule has 1 rings (SSSR count). The van der Waals surface area contributed by atoms with E-state index in [0.29, 0.717) is 4.47 Å². The van der Waals surface area contributed by atoms with Gasteiger partial charge in [-0.05, 0) is 28.1 Å². The summed E-state index contributed by atoms with van der Waals surface area (Å²) in [5.41, 5.74) is 0. The van der Waals surface area contributed by atoms with Crippen molar-refractivity contribution in [2.24, 2.45) is 5.14 Å². The molecule has 4 nitrogen and oxygen atoms in total. The molecule has 0 saturated heterocycles. The predicted molar refractivity (Wildman–Crippen MR) is 59.8 cm³/mol. The maximum absolute atomic E-state index is 12.1. The summed E-state index contributed by atoms with van der Waals surface area (Å²) >= 11 is 5.92. The second-order valence-electron chi connectivity index (χ2n) is 2.64. The van der Waals surface area contributed by atoms with Gasteiger partial charge < -0.3 is 4.74 Å². The van der Waals surface area contributed by atoms with E-state index >= 15 is 0 Å². The Morgan fingerprint density at radius 3 is 2.31 bits per heavy atom. The van der Waals surface area contributed by atoms with Gasteiger partial charge in [-0.1, -0.05) is 15.9 Å². The van der Waals surface area contributed by atoms with Gasteiger partial charge in [0.15, 0.2) is 0 Å². The van der Waals surface area contributed by atoms with Crippen molar-refractivity contribution in [1.29, 1.82) is 0 Å². The number of alkyl halides is 2. The number of rotatable bonds is 3. The zero-order valence-corrected chi connectivity index (χ0v) is 11.4. The van der Waals surface area contributed by atoms with Gasteiger partial charge in [-0.2, -0.15) is 8.78 Å². The molecule has 0 atom stereocenters. The zero-order valence-electron chi connectivity index (χ0n) is 7.45. The summed E-state index contributed by atoms with van der Waals surface area (Å²) < 4.78 is 51.0. The number of benzene rings is 1. The lowest BCUT2D eigenvalue weighted by Crippen LogP contribution is -2.16. The van der Waals surface area contributed by atoms with Crippen LogP contribution < -0.4 is 9.88 Å². The summed E-state index contributed by atoms with van der Waals surface area (Å²) in [4.78, 5) is -0.518. The quantitative estimate of drug-likeness (QED) is 0.875. The van der Waals surface area contributed by atoms with E-state index in [1.165, 1.54) is 6.07 Å². The van der Waals surface area contributed by atoms with Gasteiger partial charge in [-0.3, -0.25) is 0 Å². The molecule has 2 N–H and O–H groups in total. The van der Waals surface area contributed by atoms with Crippen LogP contribution in [0.4, 0.5) is 8.78 Å². The molecular formula is C7H5Br2F2NO3S. The van der Waals surface area contributed by atoms with Crippen molar-refractivity contribution >= 4 is 41.9 Å². The first-order chi connectivity index (χ1) is 7.21. The van der Waals surface area contributed by atoms with Gasteiger partial charge in [-0.25, -0.2) is 13.6 Å². The maximum Gasteiger partial charge on any atom is 0.387 e. The molecule has 0 saturated carbocycles. The minimum atomic E-state index is -4.15. The molecule has 0 spiro atoms. The van der Waals surface area contributed by atoms with Gasteiger partial charge in [0.25, 0.3) is 0 Å².